The van der Waals surface area contributed by atoms with E-state index in [1.54, 1.807) is 24.0 Å². The average Bonchev–Trinajstić information content (AvgIpc) is 2.89. The second kappa shape index (κ2) is 11.3. The number of benzene rings is 3. The highest BCUT2D eigenvalue weighted by Crippen LogP contribution is 2.35. The first-order valence-corrected chi connectivity index (χ1v) is 12.1. The van der Waals surface area contributed by atoms with Gasteiger partial charge in [-0.15, -0.1) is 0 Å². The van der Waals surface area contributed by atoms with E-state index >= 15 is 0 Å². The fourth-order valence-corrected chi connectivity index (χ4v) is 5.05. The number of likely N-dealkylation sites (N-methyl/N-ethyl adjacent to an activating group) is 1. The van der Waals surface area contributed by atoms with Crippen LogP contribution < -0.4 is 11.1 Å². The first kappa shape index (κ1) is 24.6. The van der Waals surface area contributed by atoms with Crippen LogP contribution in [0.15, 0.2) is 91.0 Å². The predicted octanol–water partition coefficient (Wildman–Crippen LogP) is 3.66. The van der Waals surface area contributed by atoms with Gasteiger partial charge in [0.05, 0.1) is 12.2 Å². The van der Waals surface area contributed by atoms with Crippen LogP contribution in [0.1, 0.15) is 40.9 Å². The highest BCUT2D eigenvalue weighted by molar-refractivity contribution is 5.94. The molecule has 6 heteroatoms. The number of likely N-dealkylation sites (tertiary alicyclic amines) is 1. The van der Waals surface area contributed by atoms with Gasteiger partial charge < -0.3 is 16.0 Å². The monoisotopic (exact) mass is 470 g/mol. The van der Waals surface area contributed by atoms with Gasteiger partial charge in [0.15, 0.2) is 0 Å². The Kier molecular flexibility index (Phi) is 7.95. The predicted molar refractivity (Wildman–Crippen MR) is 139 cm³/mol. The summed E-state index contributed by atoms with van der Waals surface area (Å²) in [6.07, 6.45) is 0.434. The molecule has 1 aliphatic rings. The van der Waals surface area contributed by atoms with E-state index in [-0.39, 0.29) is 36.0 Å². The van der Waals surface area contributed by atoms with Gasteiger partial charge in [0.1, 0.15) is 0 Å². The van der Waals surface area contributed by atoms with Crippen LogP contribution in [-0.2, 0) is 4.79 Å². The number of rotatable bonds is 7. The second-order valence-corrected chi connectivity index (χ2v) is 9.26. The first-order chi connectivity index (χ1) is 17.0. The number of nitrogens with one attached hydrogen (secondary N) is 1. The van der Waals surface area contributed by atoms with Crippen molar-refractivity contribution >= 4 is 11.8 Å². The molecule has 0 aliphatic carbocycles. The smallest absolute Gasteiger partial charge is 0.251 e. The third-order valence-corrected chi connectivity index (χ3v) is 7.03. The molecule has 2 amide bonds. The molecule has 3 aromatic rings. The molecule has 0 bridgehead atoms. The van der Waals surface area contributed by atoms with Crippen molar-refractivity contribution in [3.8, 4) is 0 Å². The SMILES string of the molecule is CC(=O)N(C)C1CN(C(c2ccccc2)c2ccccc2)C(N)CC1CNC(=O)c1ccccc1. The molecule has 3 unspecified atom stereocenters. The maximum Gasteiger partial charge on any atom is 0.251 e. The topological polar surface area (TPSA) is 78.7 Å². The first-order valence-electron chi connectivity index (χ1n) is 12.1. The van der Waals surface area contributed by atoms with Crippen molar-refractivity contribution in [3.63, 3.8) is 0 Å². The molecule has 0 spiro atoms. The summed E-state index contributed by atoms with van der Waals surface area (Å²) in [7, 11) is 1.84. The van der Waals surface area contributed by atoms with Crippen molar-refractivity contribution in [2.75, 3.05) is 20.1 Å². The Morgan fingerprint density at radius 1 is 0.943 bits per heavy atom. The molecule has 1 fully saturated rings. The lowest BCUT2D eigenvalue weighted by Gasteiger charge is -2.48. The molecule has 1 heterocycles. The number of nitrogens with zero attached hydrogens (tertiary/aromatic N) is 2. The zero-order valence-corrected chi connectivity index (χ0v) is 20.4. The van der Waals surface area contributed by atoms with Crippen molar-refractivity contribution in [1.82, 2.24) is 15.1 Å². The fraction of sp³-hybridized carbons (Fsp3) is 0.310. The van der Waals surface area contributed by atoms with E-state index in [0.717, 1.165) is 11.1 Å². The maximum absolute atomic E-state index is 12.7. The van der Waals surface area contributed by atoms with E-state index in [1.165, 1.54) is 0 Å². The Bertz CT molecular complexity index is 1070. The molecule has 4 rings (SSSR count). The van der Waals surface area contributed by atoms with E-state index in [9.17, 15) is 9.59 Å². The van der Waals surface area contributed by atoms with E-state index in [4.69, 9.17) is 5.73 Å². The Morgan fingerprint density at radius 3 is 1.97 bits per heavy atom. The number of amides is 2. The van der Waals surface area contributed by atoms with Gasteiger partial charge in [-0.1, -0.05) is 78.9 Å². The summed E-state index contributed by atoms with van der Waals surface area (Å²) in [5.74, 6) is -0.0759. The summed E-state index contributed by atoms with van der Waals surface area (Å²) in [4.78, 5) is 29.2. The maximum atomic E-state index is 12.7. The molecule has 6 nitrogen and oxygen atoms in total. The number of carbonyl (C=O) groups excluding carboxylic acids is 2. The largest absolute Gasteiger partial charge is 0.352 e. The quantitative estimate of drug-likeness (QED) is 0.552. The molecule has 0 saturated carbocycles. The zero-order chi connectivity index (χ0) is 24.8. The summed E-state index contributed by atoms with van der Waals surface area (Å²) < 4.78 is 0. The van der Waals surface area contributed by atoms with E-state index < -0.39 is 0 Å². The van der Waals surface area contributed by atoms with E-state index in [1.807, 2.05) is 61.6 Å². The van der Waals surface area contributed by atoms with Gasteiger partial charge in [-0.05, 0) is 29.7 Å². The minimum Gasteiger partial charge on any atom is -0.352 e. The lowest BCUT2D eigenvalue weighted by atomic mass is 9.85. The zero-order valence-electron chi connectivity index (χ0n) is 20.4. The Hall–Kier alpha value is -3.48. The van der Waals surface area contributed by atoms with E-state index in [2.05, 4.69) is 34.5 Å². The highest BCUT2D eigenvalue weighted by atomic mass is 16.2. The number of carbonyl (C=O) groups is 2. The normalized spacial score (nSPS) is 20.4. The van der Waals surface area contributed by atoms with E-state index in [0.29, 0.717) is 25.1 Å². The summed E-state index contributed by atoms with van der Waals surface area (Å²) >= 11 is 0. The van der Waals surface area contributed by atoms with Gasteiger partial charge in [-0.3, -0.25) is 14.5 Å². The fourth-order valence-electron chi connectivity index (χ4n) is 5.05. The van der Waals surface area contributed by atoms with Crippen molar-refractivity contribution in [3.05, 3.63) is 108 Å². The van der Waals surface area contributed by atoms with Crippen molar-refractivity contribution in [2.24, 2.45) is 11.7 Å². The molecule has 3 atom stereocenters. The van der Waals surface area contributed by atoms with Crippen LogP contribution in [-0.4, -0.2) is 54.0 Å². The average molecular weight is 471 g/mol. The molecular weight excluding hydrogens is 436 g/mol. The van der Waals surface area contributed by atoms with Crippen LogP contribution in [0.3, 0.4) is 0 Å². The minimum absolute atomic E-state index is 0.000722. The van der Waals surface area contributed by atoms with Gasteiger partial charge in [-0.25, -0.2) is 0 Å². The molecule has 1 saturated heterocycles. The molecule has 0 radical (unpaired) electrons. The molecule has 35 heavy (non-hydrogen) atoms. The van der Waals surface area contributed by atoms with Crippen LogP contribution in [0.2, 0.25) is 0 Å². The molecule has 182 valence electrons. The van der Waals surface area contributed by atoms with Crippen molar-refractivity contribution in [2.45, 2.75) is 31.6 Å². The van der Waals surface area contributed by atoms with Crippen LogP contribution >= 0.6 is 0 Å². The molecule has 0 aromatic heterocycles. The second-order valence-electron chi connectivity index (χ2n) is 9.26. The number of nitrogens with two attached hydrogens (primary N) is 1. The number of hydrogen-bond donors (Lipinski definition) is 2. The molecular formula is C29H34N4O2. The van der Waals surface area contributed by atoms with Gasteiger partial charge >= 0.3 is 0 Å². The Balaban J connectivity index is 1.59. The third kappa shape index (κ3) is 5.78. The standard InChI is InChI=1S/C29H34N4O2/c1-21(34)32(2)26-20-33(28(22-12-6-3-7-13-22)23-14-8-4-9-15-23)27(30)18-25(26)19-31-29(35)24-16-10-5-11-17-24/h3-17,25-28H,18-20,30H2,1-2H3,(H,31,35). The highest BCUT2D eigenvalue weighted by Gasteiger charge is 2.40. The van der Waals surface area contributed by atoms with Gasteiger partial charge in [0.25, 0.3) is 5.91 Å². The van der Waals surface area contributed by atoms with Gasteiger partial charge in [0.2, 0.25) is 5.91 Å². The molecule has 3 aromatic carbocycles. The van der Waals surface area contributed by atoms with Crippen molar-refractivity contribution in [1.29, 1.82) is 0 Å². The summed E-state index contributed by atoms with van der Waals surface area (Å²) in [6, 6.07) is 29.8. The number of piperidine rings is 1. The Labute approximate surface area is 207 Å². The van der Waals surface area contributed by atoms with Crippen molar-refractivity contribution < 1.29 is 9.59 Å². The molecule has 3 N–H and O–H groups in total. The van der Waals surface area contributed by atoms with Crippen LogP contribution in [0.25, 0.3) is 0 Å². The minimum atomic E-state index is -0.226. The van der Waals surface area contributed by atoms with Crippen LogP contribution in [0, 0.1) is 5.92 Å². The lowest BCUT2D eigenvalue weighted by molar-refractivity contribution is -0.132. The van der Waals surface area contributed by atoms with Crippen LogP contribution in [0.4, 0.5) is 0 Å². The lowest BCUT2D eigenvalue weighted by Crippen LogP contribution is -2.61. The summed E-state index contributed by atoms with van der Waals surface area (Å²) in [6.45, 7) is 2.65. The summed E-state index contributed by atoms with van der Waals surface area (Å²) in [5, 5.41) is 3.07. The van der Waals surface area contributed by atoms with Gasteiger partial charge in [0, 0.05) is 44.6 Å². The summed E-state index contributed by atoms with van der Waals surface area (Å²) in [5.41, 5.74) is 9.76. The number of hydrogen-bond acceptors (Lipinski definition) is 4. The third-order valence-electron chi connectivity index (χ3n) is 7.03. The molecule has 1 aliphatic heterocycles. The van der Waals surface area contributed by atoms with Gasteiger partial charge in [-0.2, -0.15) is 0 Å². The van der Waals surface area contributed by atoms with Crippen LogP contribution in [0.5, 0.6) is 0 Å². The Morgan fingerprint density at radius 2 is 1.46 bits per heavy atom.